The highest BCUT2D eigenvalue weighted by Gasteiger charge is 2.17. The largest absolute Gasteiger partial charge is 0.373 e. The van der Waals surface area contributed by atoms with E-state index in [4.69, 9.17) is 0 Å². The Labute approximate surface area is 100 Å². The maximum Gasteiger partial charge on any atom is 0.298 e. The summed E-state index contributed by atoms with van der Waals surface area (Å²) in [6.07, 6.45) is -0.932. The number of anilines is 1. The van der Waals surface area contributed by atoms with Crippen molar-refractivity contribution in [1.29, 1.82) is 0 Å². The van der Waals surface area contributed by atoms with Gasteiger partial charge in [-0.3, -0.25) is 0 Å². The molecule has 0 amide bonds. The van der Waals surface area contributed by atoms with Crippen molar-refractivity contribution in [3.05, 3.63) is 23.9 Å². The molecule has 0 aliphatic heterocycles. The van der Waals surface area contributed by atoms with Crippen LogP contribution < -0.4 is 5.32 Å². The van der Waals surface area contributed by atoms with E-state index in [9.17, 15) is 8.78 Å². The Morgan fingerprint density at radius 3 is 2.53 bits per heavy atom. The second-order valence-corrected chi connectivity index (χ2v) is 4.00. The van der Waals surface area contributed by atoms with Crippen molar-refractivity contribution in [3.8, 4) is 11.8 Å². The molecule has 1 heterocycles. The van der Waals surface area contributed by atoms with Gasteiger partial charge in [0, 0.05) is 18.8 Å². The molecule has 92 valence electrons. The smallest absolute Gasteiger partial charge is 0.298 e. The Morgan fingerprint density at radius 2 is 2.00 bits per heavy atom. The molecule has 0 saturated carbocycles. The van der Waals surface area contributed by atoms with E-state index in [0.29, 0.717) is 5.82 Å². The second-order valence-electron chi connectivity index (χ2n) is 4.00. The van der Waals surface area contributed by atoms with Gasteiger partial charge in [-0.15, -0.1) is 0 Å². The lowest BCUT2D eigenvalue weighted by molar-refractivity contribution is 0.215. The number of hydrogen-bond acceptors (Lipinski definition) is 2. The minimum Gasteiger partial charge on any atom is -0.373 e. The van der Waals surface area contributed by atoms with Gasteiger partial charge in [0.2, 0.25) is 0 Å². The number of rotatable bonds is 3. The van der Waals surface area contributed by atoms with Crippen molar-refractivity contribution >= 4 is 5.82 Å². The van der Waals surface area contributed by atoms with E-state index in [1.165, 1.54) is 0 Å². The third kappa shape index (κ3) is 3.70. The fourth-order valence-electron chi connectivity index (χ4n) is 1.63. The fraction of sp³-hybridized carbons (Fsp3) is 0.462. The summed E-state index contributed by atoms with van der Waals surface area (Å²) >= 11 is 0. The quantitative estimate of drug-likeness (QED) is 0.818. The van der Waals surface area contributed by atoms with Gasteiger partial charge in [-0.2, -0.15) is 8.78 Å². The molecule has 0 aliphatic carbocycles. The Hall–Kier alpha value is -1.63. The van der Waals surface area contributed by atoms with Gasteiger partial charge >= 0.3 is 0 Å². The van der Waals surface area contributed by atoms with Crippen LogP contribution in [0.4, 0.5) is 14.6 Å². The summed E-state index contributed by atoms with van der Waals surface area (Å²) in [6, 6.07) is 3.65. The molecule has 0 aromatic carbocycles. The molecule has 0 radical (unpaired) electrons. The maximum atomic E-state index is 12.2. The molecule has 0 saturated heterocycles. The SMILES string of the molecule is CNc1ncccc1C(C#CC(F)F)C(C)C. The summed E-state index contributed by atoms with van der Waals surface area (Å²) in [5.41, 5.74) is 0.859. The van der Waals surface area contributed by atoms with Crippen LogP contribution in [0.5, 0.6) is 0 Å². The Balaban J connectivity index is 3.11. The Morgan fingerprint density at radius 1 is 1.29 bits per heavy atom. The Bertz CT molecular complexity index is 419. The van der Waals surface area contributed by atoms with Gasteiger partial charge in [-0.1, -0.05) is 25.8 Å². The van der Waals surface area contributed by atoms with Crippen molar-refractivity contribution < 1.29 is 8.78 Å². The molecular weight excluding hydrogens is 222 g/mol. The summed E-state index contributed by atoms with van der Waals surface area (Å²) in [7, 11) is 1.75. The molecule has 0 aliphatic rings. The topological polar surface area (TPSA) is 24.9 Å². The third-order valence-corrected chi connectivity index (χ3v) is 2.43. The van der Waals surface area contributed by atoms with Crippen LogP contribution in [-0.4, -0.2) is 18.5 Å². The predicted molar refractivity (Wildman–Crippen MR) is 65.1 cm³/mol. The average molecular weight is 238 g/mol. The third-order valence-electron chi connectivity index (χ3n) is 2.43. The average Bonchev–Trinajstić information content (AvgIpc) is 2.29. The van der Waals surface area contributed by atoms with E-state index < -0.39 is 6.43 Å². The molecular formula is C13H16F2N2. The Kier molecular flexibility index (Phi) is 4.89. The van der Waals surface area contributed by atoms with Gasteiger partial charge in [-0.05, 0) is 17.9 Å². The summed E-state index contributed by atoms with van der Waals surface area (Å²) in [6.45, 7) is 3.91. The first-order valence-corrected chi connectivity index (χ1v) is 5.48. The summed E-state index contributed by atoms with van der Waals surface area (Å²) < 4.78 is 24.3. The lowest BCUT2D eigenvalue weighted by Crippen LogP contribution is -2.09. The van der Waals surface area contributed by atoms with Gasteiger partial charge < -0.3 is 5.32 Å². The zero-order valence-corrected chi connectivity index (χ0v) is 10.2. The number of pyridine rings is 1. The molecule has 1 rings (SSSR count). The van der Waals surface area contributed by atoms with Crippen LogP contribution in [-0.2, 0) is 0 Å². The second kappa shape index (κ2) is 6.19. The van der Waals surface area contributed by atoms with Crippen LogP contribution in [0.3, 0.4) is 0 Å². The number of hydrogen-bond donors (Lipinski definition) is 1. The van der Waals surface area contributed by atoms with Gasteiger partial charge in [0.15, 0.2) is 0 Å². The van der Waals surface area contributed by atoms with E-state index in [1.807, 2.05) is 25.8 Å². The molecule has 1 N–H and O–H groups in total. The van der Waals surface area contributed by atoms with E-state index in [1.54, 1.807) is 19.3 Å². The minimum absolute atomic E-state index is 0.151. The standard InChI is InChI=1S/C13H16F2N2/c1-9(2)10(6-7-12(14)15)11-5-4-8-17-13(11)16-3/h4-5,8-10,12H,1-3H3,(H,16,17). The normalized spacial score (nSPS) is 12.2. The first-order chi connectivity index (χ1) is 8.06. The zero-order chi connectivity index (χ0) is 12.8. The van der Waals surface area contributed by atoms with Crippen molar-refractivity contribution in [1.82, 2.24) is 4.98 Å². The number of nitrogens with one attached hydrogen (secondary N) is 1. The number of aromatic nitrogens is 1. The summed E-state index contributed by atoms with van der Waals surface area (Å²) in [5, 5.41) is 2.95. The van der Waals surface area contributed by atoms with Crippen LogP contribution in [0.2, 0.25) is 0 Å². The lowest BCUT2D eigenvalue weighted by Gasteiger charge is -2.17. The van der Waals surface area contributed by atoms with Crippen molar-refractivity contribution in [2.75, 3.05) is 12.4 Å². The molecule has 0 spiro atoms. The first kappa shape index (κ1) is 13.4. The van der Waals surface area contributed by atoms with Crippen LogP contribution in [0.25, 0.3) is 0 Å². The number of alkyl halides is 2. The molecule has 1 unspecified atom stereocenters. The summed E-state index contributed by atoms with van der Waals surface area (Å²) in [5.74, 6) is 5.17. The number of nitrogens with zero attached hydrogens (tertiary/aromatic N) is 1. The van der Waals surface area contributed by atoms with Gasteiger partial charge in [0.1, 0.15) is 5.82 Å². The molecule has 2 nitrogen and oxygen atoms in total. The monoisotopic (exact) mass is 238 g/mol. The van der Waals surface area contributed by atoms with Crippen molar-refractivity contribution in [2.45, 2.75) is 26.2 Å². The number of halogens is 2. The van der Waals surface area contributed by atoms with Gasteiger partial charge in [0.25, 0.3) is 6.43 Å². The van der Waals surface area contributed by atoms with Crippen LogP contribution in [0.15, 0.2) is 18.3 Å². The molecule has 0 bridgehead atoms. The first-order valence-electron chi connectivity index (χ1n) is 5.48. The minimum atomic E-state index is -2.59. The van der Waals surface area contributed by atoms with E-state index in [0.717, 1.165) is 5.56 Å². The van der Waals surface area contributed by atoms with Gasteiger partial charge in [0.05, 0.1) is 5.92 Å². The predicted octanol–water partition coefficient (Wildman–Crippen LogP) is 3.13. The maximum absolute atomic E-state index is 12.2. The van der Waals surface area contributed by atoms with Gasteiger partial charge in [-0.25, -0.2) is 4.98 Å². The highest BCUT2D eigenvalue weighted by atomic mass is 19.3. The molecule has 1 aromatic heterocycles. The molecule has 1 aromatic rings. The lowest BCUT2D eigenvalue weighted by atomic mass is 9.89. The van der Waals surface area contributed by atoms with Crippen LogP contribution >= 0.6 is 0 Å². The van der Waals surface area contributed by atoms with E-state index in [2.05, 4.69) is 16.2 Å². The highest BCUT2D eigenvalue weighted by molar-refractivity contribution is 5.48. The van der Waals surface area contributed by atoms with Crippen molar-refractivity contribution in [2.24, 2.45) is 5.92 Å². The molecule has 1 atom stereocenters. The van der Waals surface area contributed by atoms with E-state index >= 15 is 0 Å². The van der Waals surface area contributed by atoms with Crippen molar-refractivity contribution in [3.63, 3.8) is 0 Å². The summed E-state index contributed by atoms with van der Waals surface area (Å²) in [4.78, 5) is 4.16. The molecule has 4 heteroatoms. The highest BCUT2D eigenvalue weighted by Crippen LogP contribution is 2.28. The fourth-order valence-corrected chi connectivity index (χ4v) is 1.63. The molecule has 17 heavy (non-hydrogen) atoms. The van der Waals surface area contributed by atoms with E-state index in [-0.39, 0.29) is 11.8 Å². The zero-order valence-electron chi connectivity index (χ0n) is 10.2. The van der Waals surface area contributed by atoms with Crippen LogP contribution in [0.1, 0.15) is 25.3 Å². The molecule has 0 fully saturated rings. The van der Waals surface area contributed by atoms with Crippen LogP contribution in [0, 0.1) is 17.8 Å².